The van der Waals surface area contributed by atoms with Crippen LogP contribution in [-0.4, -0.2) is 23.0 Å². The second-order valence-corrected chi connectivity index (χ2v) is 11.5. The normalized spacial score (nSPS) is 11.9. The third-order valence-electron chi connectivity index (χ3n) is 6.58. The van der Waals surface area contributed by atoms with Gasteiger partial charge in [-0.25, -0.2) is 4.39 Å². The van der Waals surface area contributed by atoms with E-state index >= 15 is 0 Å². The molecule has 0 aliphatic rings. The second-order valence-electron chi connectivity index (χ2n) is 9.71. The van der Waals surface area contributed by atoms with E-state index in [2.05, 4.69) is 16.0 Å². The Labute approximate surface area is 259 Å². The number of halogens is 2. The summed E-state index contributed by atoms with van der Waals surface area (Å²) in [7, 11) is 0. The number of hydrogen-bond acceptors (Lipinski definition) is 4. The van der Waals surface area contributed by atoms with Crippen LogP contribution in [0.15, 0.2) is 102 Å². The van der Waals surface area contributed by atoms with E-state index in [1.807, 2.05) is 45.0 Å². The summed E-state index contributed by atoms with van der Waals surface area (Å²) in [4.78, 5) is 40.1. The van der Waals surface area contributed by atoms with Crippen molar-refractivity contribution in [2.75, 3.05) is 10.6 Å². The van der Waals surface area contributed by atoms with Crippen LogP contribution in [0.4, 0.5) is 15.8 Å². The molecule has 0 radical (unpaired) electrons. The number of carbonyl (C=O) groups excluding carboxylic acids is 3. The molecule has 0 saturated heterocycles. The van der Waals surface area contributed by atoms with E-state index in [-0.39, 0.29) is 22.2 Å². The van der Waals surface area contributed by atoms with E-state index in [4.69, 9.17) is 11.6 Å². The Hall–Kier alpha value is -4.40. The van der Waals surface area contributed by atoms with Crippen LogP contribution in [0.3, 0.4) is 0 Å². The van der Waals surface area contributed by atoms with Gasteiger partial charge < -0.3 is 16.0 Å². The largest absolute Gasteiger partial charge is 0.325 e. The zero-order valence-electron chi connectivity index (χ0n) is 23.9. The molecule has 1 unspecified atom stereocenters. The smallest absolute Gasteiger partial charge is 0.272 e. The van der Waals surface area contributed by atoms with Crippen LogP contribution in [0.25, 0.3) is 6.08 Å². The number of nitrogens with one attached hydrogen (secondary N) is 3. The van der Waals surface area contributed by atoms with Crippen LogP contribution in [0.2, 0.25) is 5.02 Å². The Bertz CT molecular complexity index is 1660. The van der Waals surface area contributed by atoms with Crippen molar-refractivity contribution in [2.45, 2.75) is 37.3 Å². The number of thioether (sulfide) groups is 1. The fourth-order valence-corrected chi connectivity index (χ4v) is 5.41. The van der Waals surface area contributed by atoms with Crippen molar-refractivity contribution in [3.63, 3.8) is 0 Å². The topological polar surface area (TPSA) is 87.3 Å². The van der Waals surface area contributed by atoms with Gasteiger partial charge in [-0.1, -0.05) is 67.1 Å². The highest BCUT2D eigenvalue weighted by atomic mass is 35.5. The van der Waals surface area contributed by atoms with Crippen LogP contribution in [0, 0.1) is 12.7 Å². The van der Waals surface area contributed by atoms with Crippen molar-refractivity contribution >= 4 is 58.5 Å². The zero-order chi connectivity index (χ0) is 30.9. The average molecular weight is 616 g/mol. The summed E-state index contributed by atoms with van der Waals surface area (Å²) in [6, 6.07) is 25.4. The van der Waals surface area contributed by atoms with Gasteiger partial charge in [0.2, 0.25) is 5.91 Å². The molecule has 9 heteroatoms. The first-order chi connectivity index (χ1) is 20.7. The Balaban J connectivity index is 1.52. The van der Waals surface area contributed by atoms with E-state index in [9.17, 15) is 18.8 Å². The molecule has 0 bridgehead atoms. The lowest BCUT2D eigenvalue weighted by atomic mass is 10.1. The number of carbonyl (C=O) groups is 3. The number of benzene rings is 4. The summed E-state index contributed by atoms with van der Waals surface area (Å²) in [5.41, 5.74) is 3.40. The molecule has 0 aromatic heterocycles. The molecule has 3 amide bonds. The Morgan fingerprint density at radius 1 is 0.930 bits per heavy atom. The van der Waals surface area contributed by atoms with Crippen LogP contribution < -0.4 is 16.0 Å². The maximum Gasteiger partial charge on any atom is 0.272 e. The molecular formula is C34H31ClFN3O3S. The molecule has 6 nitrogen and oxygen atoms in total. The highest BCUT2D eigenvalue weighted by Gasteiger charge is 2.19. The molecule has 43 heavy (non-hydrogen) atoms. The number of hydrogen-bond donors (Lipinski definition) is 3. The van der Waals surface area contributed by atoms with Gasteiger partial charge in [0.1, 0.15) is 11.5 Å². The minimum atomic E-state index is -0.678. The number of amides is 3. The first-order valence-corrected chi connectivity index (χ1v) is 14.9. The summed E-state index contributed by atoms with van der Waals surface area (Å²) < 4.78 is 14.6. The lowest BCUT2D eigenvalue weighted by Gasteiger charge is -2.17. The number of rotatable bonds is 10. The van der Waals surface area contributed by atoms with Crippen molar-refractivity contribution in [3.05, 3.63) is 130 Å². The first-order valence-electron chi connectivity index (χ1n) is 13.7. The number of anilines is 2. The minimum Gasteiger partial charge on any atom is -0.325 e. The van der Waals surface area contributed by atoms with Gasteiger partial charge in [-0.15, -0.1) is 11.8 Å². The van der Waals surface area contributed by atoms with Gasteiger partial charge in [-0.2, -0.15) is 0 Å². The molecule has 0 aliphatic heterocycles. The molecule has 3 N–H and O–H groups in total. The van der Waals surface area contributed by atoms with Gasteiger partial charge in [0, 0.05) is 27.4 Å². The fraction of sp³-hybridized carbons (Fsp3) is 0.147. The maximum atomic E-state index is 14.6. The average Bonchev–Trinajstić information content (AvgIpc) is 2.99. The highest BCUT2D eigenvalue weighted by molar-refractivity contribution is 8.00. The van der Waals surface area contributed by atoms with Gasteiger partial charge in [0.15, 0.2) is 0 Å². The SMILES string of the molecule is CCc1cccc(C)c1NC(=O)C(C)Sc1cccc(NC(=O)/C(=C\c2c(F)cccc2Cl)NC(=O)c2ccccc2)c1. The molecule has 4 rings (SSSR count). The molecular weight excluding hydrogens is 585 g/mol. The molecule has 0 heterocycles. The summed E-state index contributed by atoms with van der Waals surface area (Å²) >= 11 is 7.54. The van der Waals surface area contributed by atoms with Crippen LogP contribution in [-0.2, 0) is 16.0 Å². The van der Waals surface area contributed by atoms with Crippen LogP contribution in [0.1, 0.15) is 40.9 Å². The molecule has 0 fully saturated rings. The van der Waals surface area contributed by atoms with Gasteiger partial charge in [0.05, 0.1) is 10.3 Å². The standard InChI is InChI=1S/C34H31ClFN3O3S/c1-4-23-14-8-11-21(2)31(23)39-32(40)22(3)43-26-16-9-15-25(19-26)37-34(42)30(20-27-28(35)17-10-18-29(27)36)38-33(41)24-12-6-5-7-13-24/h5-20,22H,4H2,1-3H3,(H,37,42)(H,38,41)(H,39,40)/b30-20+. The highest BCUT2D eigenvalue weighted by Crippen LogP contribution is 2.29. The lowest BCUT2D eigenvalue weighted by Crippen LogP contribution is -2.30. The zero-order valence-corrected chi connectivity index (χ0v) is 25.5. The molecule has 0 saturated carbocycles. The van der Waals surface area contributed by atoms with Crippen molar-refractivity contribution in [3.8, 4) is 0 Å². The third kappa shape index (κ3) is 8.34. The van der Waals surface area contributed by atoms with Gasteiger partial charge >= 0.3 is 0 Å². The maximum absolute atomic E-state index is 14.6. The Kier molecular flexibility index (Phi) is 10.8. The van der Waals surface area contributed by atoms with E-state index < -0.39 is 22.9 Å². The van der Waals surface area contributed by atoms with Gasteiger partial charge in [0.25, 0.3) is 11.8 Å². The van der Waals surface area contributed by atoms with Crippen LogP contribution in [0.5, 0.6) is 0 Å². The van der Waals surface area contributed by atoms with E-state index in [1.165, 1.54) is 36.0 Å². The Morgan fingerprint density at radius 3 is 2.37 bits per heavy atom. The predicted octanol–water partition coefficient (Wildman–Crippen LogP) is 7.88. The monoisotopic (exact) mass is 615 g/mol. The predicted molar refractivity (Wildman–Crippen MR) is 173 cm³/mol. The minimum absolute atomic E-state index is 0.0355. The van der Waals surface area contributed by atoms with E-state index in [1.54, 1.807) is 48.5 Å². The van der Waals surface area contributed by atoms with Crippen molar-refractivity contribution < 1.29 is 18.8 Å². The fourth-order valence-electron chi connectivity index (χ4n) is 4.27. The third-order valence-corrected chi connectivity index (χ3v) is 8.00. The summed E-state index contributed by atoms with van der Waals surface area (Å²) in [6.45, 7) is 5.82. The van der Waals surface area contributed by atoms with Gasteiger partial charge in [-0.3, -0.25) is 14.4 Å². The summed E-state index contributed by atoms with van der Waals surface area (Å²) in [5.74, 6) is -2.00. The second kappa shape index (κ2) is 14.7. The summed E-state index contributed by atoms with van der Waals surface area (Å²) in [6.07, 6.45) is 2.00. The van der Waals surface area contributed by atoms with Crippen molar-refractivity contribution in [1.82, 2.24) is 5.32 Å². The molecule has 1 atom stereocenters. The molecule has 0 spiro atoms. The van der Waals surface area contributed by atoms with Crippen molar-refractivity contribution in [2.24, 2.45) is 0 Å². The molecule has 0 aliphatic carbocycles. The van der Waals surface area contributed by atoms with Gasteiger partial charge in [-0.05, 0) is 79.9 Å². The summed E-state index contributed by atoms with van der Waals surface area (Å²) in [5, 5.41) is 8.05. The molecule has 4 aromatic carbocycles. The quantitative estimate of drug-likeness (QED) is 0.125. The Morgan fingerprint density at radius 2 is 1.65 bits per heavy atom. The molecule has 4 aromatic rings. The van der Waals surface area contributed by atoms with E-state index in [0.717, 1.165) is 28.1 Å². The number of para-hydroxylation sites is 1. The number of aryl methyl sites for hydroxylation is 2. The lowest BCUT2D eigenvalue weighted by molar-refractivity contribution is -0.115. The first kappa shape index (κ1) is 31.5. The van der Waals surface area contributed by atoms with E-state index in [0.29, 0.717) is 11.3 Å². The molecule has 220 valence electrons. The van der Waals surface area contributed by atoms with Crippen molar-refractivity contribution in [1.29, 1.82) is 0 Å². The van der Waals surface area contributed by atoms with Crippen LogP contribution >= 0.6 is 23.4 Å².